The summed E-state index contributed by atoms with van der Waals surface area (Å²) in [7, 11) is 0. The Morgan fingerprint density at radius 2 is 2.00 bits per heavy atom. The van der Waals surface area contributed by atoms with Crippen LogP contribution < -0.4 is 10.6 Å². The molecule has 3 N–H and O–H groups in total. The van der Waals surface area contributed by atoms with Crippen molar-refractivity contribution >= 4 is 17.8 Å². The molecule has 1 aromatic rings. The normalized spacial score (nSPS) is 21.4. The molecule has 4 nitrogen and oxygen atoms in total. The van der Waals surface area contributed by atoms with Gasteiger partial charge in [-0.2, -0.15) is 11.8 Å². The molecule has 0 aliphatic heterocycles. The van der Waals surface area contributed by atoms with E-state index in [0.29, 0.717) is 17.8 Å². The number of aliphatic hydroxyl groups is 1. The minimum absolute atomic E-state index is 0.0567. The fourth-order valence-electron chi connectivity index (χ4n) is 2.86. The number of amides is 2. The number of rotatable bonds is 6. The smallest absolute Gasteiger partial charge is 0.315 e. The molecule has 1 fully saturated rings. The van der Waals surface area contributed by atoms with Crippen molar-refractivity contribution in [2.24, 2.45) is 0 Å². The molecule has 1 aliphatic carbocycles. The fraction of sp³-hybridized carbons (Fsp3) is 0.588. The summed E-state index contributed by atoms with van der Waals surface area (Å²) in [6.07, 6.45) is 7.59. The number of carbonyl (C=O) groups is 1. The van der Waals surface area contributed by atoms with E-state index in [9.17, 15) is 4.79 Å². The molecule has 0 heterocycles. The van der Waals surface area contributed by atoms with Gasteiger partial charge in [0.15, 0.2) is 0 Å². The van der Waals surface area contributed by atoms with E-state index in [4.69, 9.17) is 5.11 Å². The summed E-state index contributed by atoms with van der Waals surface area (Å²) in [5.41, 5.74) is 2.08. The predicted molar refractivity (Wildman–Crippen MR) is 92.2 cm³/mol. The van der Waals surface area contributed by atoms with Gasteiger partial charge in [0.1, 0.15) is 0 Å². The van der Waals surface area contributed by atoms with E-state index < -0.39 is 0 Å². The van der Waals surface area contributed by atoms with E-state index >= 15 is 0 Å². The third kappa shape index (κ3) is 5.54. The second-order valence-corrected chi connectivity index (χ2v) is 6.98. The maximum Gasteiger partial charge on any atom is 0.315 e. The number of hydrogen-bond donors (Lipinski definition) is 3. The van der Waals surface area contributed by atoms with E-state index in [1.54, 1.807) is 0 Å². The third-order valence-electron chi connectivity index (χ3n) is 4.20. The van der Waals surface area contributed by atoms with Crippen molar-refractivity contribution in [2.45, 2.75) is 50.0 Å². The van der Waals surface area contributed by atoms with Gasteiger partial charge in [-0.15, -0.1) is 0 Å². The zero-order chi connectivity index (χ0) is 15.8. The lowest BCUT2D eigenvalue weighted by molar-refractivity contribution is 0.233. The van der Waals surface area contributed by atoms with E-state index in [0.717, 1.165) is 30.4 Å². The van der Waals surface area contributed by atoms with Crippen LogP contribution in [0.25, 0.3) is 0 Å². The highest BCUT2D eigenvalue weighted by atomic mass is 32.2. The van der Waals surface area contributed by atoms with Crippen molar-refractivity contribution in [3.63, 3.8) is 0 Å². The number of carbonyl (C=O) groups excluding carboxylic acids is 1. The maximum atomic E-state index is 11.9. The second-order valence-electron chi connectivity index (χ2n) is 5.85. The Morgan fingerprint density at radius 1 is 1.27 bits per heavy atom. The van der Waals surface area contributed by atoms with Crippen LogP contribution in [0.4, 0.5) is 4.79 Å². The fourth-order valence-corrected chi connectivity index (χ4v) is 3.69. The maximum absolute atomic E-state index is 11.9. The van der Waals surface area contributed by atoms with Gasteiger partial charge in [0.25, 0.3) is 0 Å². The van der Waals surface area contributed by atoms with Crippen LogP contribution in [0, 0.1) is 0 Å². The lowest BCUT2D eigenvalue weighted by Crippen LogP contribution is -2.45. The van der Waals surface area contributed by atoms with Gasteiger partial charge in [-0.05, 0) is 43.1 Å². The SMILES string of the molecule is CSC1CCCC(NC(=O)NCCc2ccc(CO)cc2)C1. The average Bonchev–Trinajstić information content (AvgIpc) is 2.55. The third-order valence-corrected chi connectivity index (χ3v) is 5.29. The molecular formula is C17H26N2O2S. The van der Waals surface area contributed by atoms with Crippen molar-refractivity contribution in [3.05, 3.63) is 35.4 Å². The van der Waals surface area contributed by atoms with Crippen LogP contribution in [0.3, 0.4) is 0 Å². The summed E-state index contributed by atoms with van der Waals surface area (Å²) >= 11 is 1.91. The number of nitrogens with one attached hydrogen (secondary N) is 2. The molecule has 1 saturated carbocycles. The molecular weight excluding hydrogens is 296 g/mol. The molecule has 0 aromatic heterocycles. The molecule has 0 bridgehead atoms. The summed E-state index contributed by atoms with van der Waals surface area (Å²) in [6.45, 7) is 0.697. The number of thioether (sulfide) groups is 1. The van der Waals surface area contributed by atoms with Crippen molar-refractivity contribution in [1.82, 2.24) is 10.6 Å². The molecule has 5 heteroatoms. The summed E-state index contributed by atoms with van der Waals surface area (Å²) in [6, 6.07) is 8.08. The Bertz CT molecular complexity index is 464. The summed E-state index contributed by atoms with van der Waals surface area (Å²) in [5, 5.41) is 15.7. The Kier molecular flexibility index (Phi) is 7.06. The molecule has 22 heavy (non-hydrogen) atoms. The lowest BCUT2D eigenvalue weighted by Gasteiger charge is -2.28. The minimum Gasteiger partial charge on any atom is -0.392 e. The quantitative estimate of drug-likeness (QED) is 0.754. The average molecular weight is 322 g/mol. The first-order valence-corrected chi connectivity index (χ1v) is 9.26. The second kappa shape index (κ2) is 9.06. The molecule has 2 unspecified atom stereocenters. The van der Waals surface area contributed by atoms with Crippen LogP contribution in [-0.4, -0.2) is 35.2 Å². The first kappa shape index (κ1) is 17.2. The van der Waals surface area contributed by atoms with Crippen LogP contribution in [0.5, 0.6) is 0 Å². The van der Waals surface area contributed by atoms with Crippen LogP contribution >= 0.6 is 11.8 Å². The zero-order valence-electron chi connectivity index (χ0n) is 13.2. The largest absolute Gasteiger partial charge is 0.392 e. The van der Waals surface area contributed by atoms with Gasteiger partial charge in [0.2, 0.25) is 0 Å². The van der Waals surface area contributed by atoms with Crippen LogP contribution in [0.2, 0.25) is 0 Å². The molecule has 1 aromatic carbocycles. The molecule has 0 saturated heterocycles. The number of benzene rings is 1. The lowest BCUT2D eigenvalue weighted by atomic mass is 9.95. The van der Waals surface area contributed by atoms with Crippen LogP contribution in [0.15, 0.2) is 24.3 Å². The highest BCUT2D eigenvalue weighted by molar-refractivity contribution is 7.99. The van der Waals surface area contributed by atoms with E-state index in [1.165, 1.54) is 12.8 Å². The van der Waals surface area contributed by atoms with Crippen molar-refractivity contribution < 1.29 is 9.90 Å². The first-order chi connectivity index (χ1) is 10.7. The number of aliphatic hydroxyl groups excluding tert-OH is 1. The highest BCUT2D eigenvalue weighted by Crippen LogP contribution is 2.26. The zero-order valence-corrected chi connectivity index (χ0v) is 14.0. The van der Waals surface area contributed by atoms with Crippen molar-refractivity contribution in [3.8, 4) is 0 Å². The van der Waals surface area contributed by atoms with E-state index in [2.05, 4.69) is 16.9 Å². The Hall–Kier alpha value is -1.20. The molecule has 122 valence electrons. The van der Waals surface area contributed by atoms with Crippen LogP contribution in [-0.2, 0) is 13.0 Å². The van der Waals surface area contributed by atoms with Gasteiger partial charge in [-0.1, -0.05) is 30.7 Å². The Morgan fingerprint density at radius 3 is 2.68 bits per heavy atom. The minimum atomic E-state index is -0.0567. The van der Waals surface area contributed by atoms with Crippen LogP contribution in [0.1, 0.15) is 36.8 Å². The summed E-state index contributed by atoms with van der Waals surface area (Å²) in [4.78, 5) is 11.9. The molecule has 0 radical (unpaired) electrons. The Labute approximate surface area is 137 Å². The van der Waals surface area contributed by atoms with Gasteiger partial charge in [0.05, 0.1) is 6.61 Å². The van der Waals surface area contributed by atoms with E-state index in [-0.39, 0.29) is 12.6 Å². The molecule has 0 spiro atoms. The van der Waals surface area contributed by atoms with Gasteiger partial charge in [-0.3, -0.25) is 0 Å². The highest BCUT2D eigenvalue weighted by Gasteiger charge is 2.22. The van der Waals surface area contributed by atoms with Gasteiger partial charge in [0, 0.05) is 17.8 Å². The predicted octanol–water partition coefficient (Wildman–Crippen LogP) is 2.69. The van der Waals surface area contributed by atoms with Gasteiger partial charge in [-0.25, -0.2) is 4.79 Å². The van der Waals surface area contributed by atoms with E-state index in [1.807, 2.05) is 36.0 Å². The summed E-state index contributed by atoms with van der Waals surface area (Å²) in [5.74, 6) is 0. The van der Waals surface area contributed by atoms with Crippen molar-refractivity contribution in [1.29, 1.82) is 0 Å². The molecule has 2 rings (SSSR count). The van der Waals surface area contributed by atoms with Crippen molar-refractivity contribution in [2.75, 3.05) is 12.8 Å². The standard InChI is InChI=1S/C17H26N2O2S/c1-22-16-4-2-3-15(11-16)19-17(21)18-10-9-13-5-7-14(12-20)8-6-13/h5-8,15-16,20H,2-4,9-12H2,1H3,(H2,18,19,21). The monoisotopic (exact) mass is 322 g/mol. The number of urea groups is 1. The molecule has 1 aliphatic rings. The topological polar surface area (TPSA) is 61.4 Å². The van der Waals surface area contributed by atoms with Gasteiger partial charge >= 0.3 is 6.03 Å². The Balaban J connectivity index is 1.66. The molecule has 2 atom stereocenters. The summed E-state index contributed by atoms with van der Waals surface area (Å²) < 4.78 is 0. The van der Waals surface area contributed by atoms with Gasteiger partial charge < -0.3 is 15.7 Å². The molecule has 2 amide bonds. The number of hydrogen-bond acceptors (Lipinski definition) is 3. The first-order valence-electron chi connectivity index (χ1n) is 7.97.